The zero-order valence-electron chi connectivity index (χ0n) is 11.9. The molecule has 0 saturated carbocycles. The van der Waals surface area contributed by atoms with E-state index in [1.165, 1.54) is 0 Å². The summed E-state index contributed by atoms with van der Waals surface area (Å²) in [5.74, 6) is -3.55. The molecule has 1 unspecified atom stereocenters. The van der Waals surface area contributed by atoms with E-state index in [0.717, 1.165) is 23.4 Å². The van der Waals surface area contributed by atoms with Crippen LogP contribution in [0.25, 0.3) is 0 Å². The lowest BCUT2D eigenvalue weighted by Gasteiger charge is -2.24. The van der Waals surface area contributed by atoms with E-state index in [2.05, 4.69) is 5.32 Å². The summed E-state index contributed by atoms with van der Waals surface area (Å²) in [6.45, 7) is 0.487. The Morgan fingerprint density at radius 1 is 1.09 bits per heavy atom. The van der Waals surface area contributed by atoms with E-state index in [0.29, 0.717) is 6.54 Å². The molecule has 3 nitrogen and oxygen atoms in total. The Kier molecular flexibility index (Phi) is 4.47. The second-order valence-electron chi connectivity index (χ2n) is 4.98. The SMILES string of the molecule is O=C(Nc1ccc(F)c(F)c1F)N1CCSC1c1ccccc1. The first-order valence-electron chi connectivity index (χ1n) is 6.95. The summed E-state index contributed by atoms with van der Waals surface area (Å²) in [7, 11) is 0. The van der Waals surface area contributed by atoms with Crippen molar-refractivity contribution in [3.63, 3.8) is 0 Å². The largest absolute Gasteiger partial charge is 0.323 e. The van der Waals surface area contributed by atoms with E-state index in [4.69, 9.17) is 0 Å². The quantitative estimate of drug-likeness (QED) is 0.824. The fraction of sp³-hybridized carbons (Fsp3) is 0.188. The number of nitrogens with zero attached hydrogens (tertiary/aromatic N) is 1. The average Bonchev–Trinajstić information content (AvgIpc) is 3.06. The third kappa shape index (κ3) is 3.14. The minimum absolute atomic E-state index is 0.190. The van der Waals surface area contributed by atoms with Crippen molar-refractivity contribution in [3.8, 4) is 0 Å². The molecule has 120 valence electrons. The van der Waals surface area contributed by atoms with Crippen LogP contribution in [0, 0.1) is 17.5 Å². The molecule has 1 atom stereocenters. The van der Waals surface area contributed by atoms with Crippen LogP contribution in [-0.2, 0) is 0 Å². The van der Waals surface area contributed by atoms with Crippen LogP contribution < -0.4 is 5.32 Å². The zero-order chi connectivity index (χ0) is 16.4. The number of carbonyl (C=O) groups excluding carboxylic acids is 1. The molecule has 0 spiro atoms. The van der Waals surface area contributed by atoms with E-state index in [-0.39, 0.29) is 11.1 Å². The topological polar surface area (TPSA) is 32.3 Å². The van der Waals surface area contributed by atoms with Gasteiger partial charge in [-0.2, -0.15) is 0 Å². The van der Waals surface area contributed by atoms with Crippen LogP contribution in [-0.4, -0.2) is 23.2 Å². The highest BCUT2D eigenvalue weighted by molar-refractivity contribution is 7.99. The molecule has 1 N–H and O–H groups in total. The molecule has 2 aromatic carbocycles. The second kappa shape index (κ2) is 6.54. The van der Waals surface area contributed by atoms with Gasteiger partial charge in [0.2, 0.25) is 0 Å². The lowest BCUT2D eigenvalue weighted by atomic mass is 10.2. The molecule has 1 aliphatic heterocycles. The van der Waals surface area contributed by atoms with E-state index in [9.17, 15) is 18.0 Å². The maximum Gasteiger partial charge on any atom is 0.323 e. The van der Waals surface area contributed by atoms with Crippen LogP contribution in [0.5, 0.6) is 0 Å². The average molecular weight is 338 g/mol. The maximum absolute atomic E-state index is 13.7. The Bertz CT molecular complexity index is 727. The summed E-state index contributed by atoms with van der Waals surface area (Å²) in [6.07, 6.45) is 0. The number of benzene rings is 2. The van der Waals surface area contributed by atoms with Crippen LogP contribution in [0.3, 0.4) is 0 Å². The molecule has 1 saturated heterocycles. The lowest BCUT2D eigenvalue weighted by molar-refractivity contribution is 0.214. The summed E-state index contributed by atoms with van der Waals surface area (Å²) in [6, 6.07) is 10.7. The standard InChI is InChI=1S/C16H13F3N2OS/c17-11-6-7-12(14(19)13(11)18)20-16(22)21-8-9-23-15(21)10-4-2-1-3-5-10/h1-7,15H,8-9H2,(H,20,22). The molecular formula is C16H13F3N2OS. The highest BCUT2D eigenvalue weighted by Crippen LogP contribution is 2.38. The first-order valence-corrected chi connectivity index (χ1v) is 8.00. The van der Waals surface area contributed by atoms with Gasteiger partial charge >= 0.3 is 6.03 Å². The van der Waals surface area contributed by atoms with Crippen LogP contribution in [0.4, 0.5) is 23.7 Å². The summed E-state index contributed by atoms with van der Waals surface area (Å²) < 4.78 is 39.9. The van der Waals surface area contributed by atoms with Crippen molar-refractivity contribution in [2.45, 2.75) is 5.37 Å². The van der Waals surface area contributed by atoms with Crippen molar-refractivity contribution in [3.05, 3.63) is 65.5 Å². The van der Waals surface area contributed by atoms with Crippen LogP contribution in [0.1, 0.15) is 10.9 Å². The van der Waals surface area contributed by atoms with Crippen LogP contribution in [0.2, 0.25) is 0 Å². The predicted molar refractivity (Wildman–Crippen MR) is 83.7 cm³/mol. The molecule has 1 fully saturated rings. The minimum atomic E-state index is -1.60. The lowest BCUT2D eigenvalue weighted by Crippen LogP contribution is -2.34. The van der Waals surface area contributed by atoms with E-state index in [1.807, 2.05) is 30.3 Å². The predicted octanol–water partition coefficient (Wildman–Crippen LogP) is 4.38. The van der Waals surface area contributed by atoms with E-state index >= 15 is 0 Å². The van der Waals surface area contributed by atoms with Gasteiger partial charge in [-0.1, -0.05) is 30.3 Å². The van der Waals surface area contributed by atoms with Gasteiger partial charge in [0.15, 0.2) is 17.5 Å². The molecule has 3 rings (SSSR count). The number of halogens is 3. The van der Waals surface area contributed by atoms with Gasteiger partial charge in [0.25, 0.3) is 0 Å². The first-order chi connectivity index (χ1) is 11.1. The fourth-order valence-electron chi connectivity index (χ4n) is 2.38. The van der Waals surface area contributed by atoms with Gasteiger partial charge < -0.3 is 10.2 Å². The third-order valence-corrected chi connectivity index (χ3v) is 4.77. The first kappa shape index (κ1) is 15.7. The number of carbonyl (C=O) groups is 1. The number of urea groups is 1. The molecule has 0 aliphatic carbocycles. The molecule has 0 radical (unpaired) electrons. The smallest absolute Gasteiger partial charge is 0.308 e. The van der Waals surface area contributed by atoms with Gasteiger partial charge in [-0.3, -0.25) is 0 Å². The Balaban J connectivity index is 1.79. The summed E-state index contributed by atoms with van der Waals surface area (Å²) in [4.78, 5) is 13.9. The zero-order valence-corrected chi connectivity index (χ0v) is 12.7. The minimum Gasteiger partial charge on any atom is -0.308 e. The monoisotopic (exact) mass is 338 g/mol. The number of hydrogen-bond donors (Lipinski definition) is 1. The number of rotatable bonds is 2. The number of hydrogen-bond acceptors (Lipinski definition) is 2. The molecular weight excluding hydrogens is 325 g/mol. The molecule has 0 bridgehead atoms. The highest BCUT2D eigenvalue weighted by atomic mass is 32.2. The summed E-state index contributed by atoms with van der Waals surface area (Å²) in [5.41, 5.74) is 0.577. The number of anilines is 1. The van der Waals surface area contributed by atoms with Gasteiger partial charge in [0.1, 0.15) is 5.37 Å². The molecule has 0 aromatic heterocycles. The van der Waals surface area contributed by atoms with Gasteiger partial charge in [-0.15, -0.1) is 11.8 Å². The van der Waals surface area contributed by atoms with Gasteiger partial charge in [-0.05, 0) is 17.7 Å². The number of thioether (sulfide) groups is 1. The third-order valence-electron chi connectivity index (χ3n) is 3.51. The van der Waals surface area contributed by atoms with Gasteiger partial charge in [0.05, 0.1) is 5.69 Å². The molecule has 7 heteroatoms. The van der Waals surface area contributed by atoms with Crippen molar-refractivity contribution < 1.29 is 18.0 Å². The maximum atomic E-state index is 13.7. The number of amides is 2. The molecule has 1 aliphatic rings. The molecule has 2 aromatic rings. The Morgan fingerprint density at radius 2 is 1.83 bits per heavy atom. The van der Waals surface area contributed by atoms with E-state index < -0.39 is 23.5 Å². The summed E-state index contributed by atoms with van der Waals surface area (Å²) in [5, 5.41) is 2.12. The Morgan fingerprint density at radius 3 is 2.57 bits per heavy atom. The van der Waals surface area contributed by atoms with Gasteiger partial charge in [-0.25, -0.2) is 18.0 Å². The van der Waals surface area contributed by atoms with Crippen LogP contribution in [0.15, 0.2) is 42.5 Å². The van der Waals surface area contributed by atoms with Crippen molar-refractivity contribution in [1.29, 1.82) is 0 Å². The van der Waals surface area contributed by atoms with Gasteiger partial charge in [0, 0.05) is 12.3 Å². The Labute approximate surface area is 135 Å². The number of nitrogens with one attached hydrogen (secondary N) is 1. The molecule has 1 heterocycles. The van der Waals surface area contributed by atoms with Crippen molar-refractivity contribution in [2.75, 3.05) is 17.6 Å². The van der Waals surface area contributed by atoms with Crippen molar-refractivity contribution in [2.24, 2.45) is 0 Å². The van der Waals surface area contributed by atoms with Crippen molar-refractivity contribution >= 4 is 23.5 Å². The Hall–Kier alpha value is -2.15. The normalized spacial score (nSPS) is 17.3. The summed E-state index contributed by atoms with van der Waals surface area (Å²) >= 11 is 1.59. The highest BCUT2D eigenvalue weighted by Gasteiger charge is 2.31. The second-order valence-corrected chi connectivity index (χ2v) is 6.17. The van der Waals surface area contributed by atoms with Crippen LogP contribution >= 0.6 is 11.8 Å². The van der Waals surface area contributed by atoms with Crippen molar-refractivity contribution in [1.82, 2.24) is 4.90 Å². The molecule has 23 heavy (non-hydrogen) atoms. The molecule has 2 amide bonds. The van der Waals surface area contributed by atoms with E-state index in [1.54, 1.807) is 16.7 Å². The fourth-order valence-corrected chi connectivity index (χ4v) is 3.64.